The van der Waals surface area contributed by atoms with Gasteiger partial charge in [-0.2, -0.15) is 0 Å². The summed E-state index contributed by atoms with van der Waals surface area (Å²) in [4.78, 5) is 8.67. The molecule has 0 bridgehead atoms. The van der Waals surface area contributed by atoms with Crippen LogP contribution in [0.25, 0.3) is 11.1 Å². The van der Waals surface area contributed by atoms with E-state index in [1.54, 1.807) is 0 Å². The molecule has 2 rings (SSSR count). The molecule has 0 saturated carbocycles. The zero-order valence-corrected chi connectivity index (χ0v) is 8.09. The van der Waals surface area contributed by atoms with E-state index in [9.17, 15) is 0 Å². The van der Waals surface area contributed by atoms with Crippen molar-refractivity contribution in [1.82, 2.24) is 9.97 Å². The third kappa shape index (κ3) is 1.30. The van der Waals surface area contributed by atoms with E-state index in [0.717, 1.165) is 28.9 Å². The summed E-state index contributed by atoms with van der Waals surface area (Å²) < 4.78 is 5.44. The van der Waals surface area contributed by atoms with Gasteiger partial charge in [0.15, 0.2) is 11.5 Å². The average molecular weight is 176 g/mol. The van der Waals surface area contributed by atoms with Gasteiger partial charge in [0.2, 0.25) is 0 Å². The number of nitrogens with zero attached hydrogens (tertiary/aromatic N) is 2. The number of aryl methyl sites for hydroxylation is 3. The highest BCUT2D eigenvalue weighted by Crippen LogP contribution is 2.18. The van der Waals surface area contributed by atoms with Gasteiger partial charge in [0.05, 0.1) is 5.69 Å². The summed E-state index contributed by atoms with van der Waals surface area (Å²) in [7, 11) is 0. The lowest BCUT2D eigenvalue weighted by molar-refractivity contribution is 0.560. The van der Waals surface area contributed by atoms with Crippen LogP contribution in [0.5, 0.6) is 0 Å². The summed E-state index contributed by atoms with van der Waals surface area (Å²) in [6, 6.07) is 1.96. The second kappa shape index (κ2) is 2.83. The quantitative estimate of drug-likeness (QED) is 0.669. The SMILES string of the molecule is CCc1cc2oc(C)nc2c(C)n1. The molecule has 0 aliphatic carbocycles. The van der Waals surface area contributed by atoms with Gasteiger partial charge in [-0.15, -0.1) is 0 Å². The molecule has 68 valence electrons. The van der Waals surface area contributed by atoms with Crippen LogP contribution < -0.4 is 0 Å². The minimum Gasteiger partial charge on any atom is -0.441 e. The van der Waals surface area contributed by atoms with Crippen molar-refractivity contribution in [2.24, 2.45) is 0 Å². The third-order valence-corrected chi connectivity index (χ3v) is 2.07. The number of rotatable bonds is 1. The Morgan fingerprint density at radius 1 is 1.31 bits per heavy atom. The summed E-state index contributed by atoms with van der Waals surface area (Å²) in [5, 5.41) is 0. The van der Waals surface area contributed by atoms with Crippen molar-refractivity contribution in [3.05, 3.63) is 23.3 Å². The molecule has 0 aromatic carbocycles. The predicted molar refractivity (Wildman–Crippen MR) is 50.7 cm³/mol. The Hall–Kier alpha value is -1.38. The van der Waals surface area contributed by atoms with Crippen molar-refractivity contribution in [2.75, 3.05) is 0 Å². The molecule has 0 fully saturated rings. The molecular formula is C10H12N2O. The first-order valence-electron chi connectivity index (χ1n) is 4.44. The highest BCUT2D eigenvalue weighted by Gasteiger charge is 2.07. The molecule has 0 spiro atoms. The standard InChI is InChI=1S/C10H12N2O/c1-4-8-5-9-10(6(2)11-8)12-7(3)13-9/h5H,4H2,1-3H3. The highest BCUT2D eigenvalue weighted by atomic mass is 16.3. The van der Waals surface area contributed by atoms with E-state index >= 15 is 0 Å². The lowest BCUT2D eigenvalue weighted by Crippen LogP contribution is -1.90. The largest absolute Gasteiger partial charge is 0.441 e. The Morgan fingerprint density at radius 3 is 2.77 bits per heavy atom. The Kier molecular flexibility index (Phi) is 1.79. The molecule has 0 aliphatic heterocycles. The molecule has 0 amide bonds. The highest BCUT2D eigenvalue weighted by molar-refractivity contribution is 5.75. The summed E-state index contributed by atoms with van der Waals surface area (Å²) in [5.74, 6) is 0.702. The van der Waals surface area contributed by atoms with Gasteiger partial charge in [-0.1, -0.05) is 6.92 Å². The van der Waals surface area contributed by atoms with Crippen molar-refractivity contribution >= 4 is 11.1 Å². The van der Waals surface area contributed by atoms with Crippen molar-refractivity contribution < 1.29 is 4.42 Å². The maximum atomic E-state index is 5.44. The number of fused-ring (bicyclic) bond motifs is 1. The van der Waals surface area contributed by atoms with Gasteiger partial charge in [0, 0.05) is 18.7 Å². The molecular weight excluding hydrogens is 164 g/mol. The summed E-state index contributed by atoms with van der Waals surface area (Å²) in [6.45, 7) is 5.89. The Balaban J connectivity index is 2.75. The van der Waals surface area contributed by atoms with Crippen LogP contribution in [0.4, 0.5) is 0 Å². The van der Waals surface area contributed by atoms with Gasteiger partial charge in [-0.25, -0.2) is 4.98 Å². The number of aromatic nitrogens is 2. The molecule has 0 saturated heterocycles. The maximum absolute atomic E-state index is 5.44. The second-order valence-electron chi connectivity index (χ2n) is 3.13. The fourth-order valence-corrected chi connectivity index (χ4v) is 1.43. The maximum Gasteiger partial charge on any atom is 0.192 e. The first-order chi connectivity index (χ1) is 6.20. The van der Waals surface area contributed by atoms with Crippen LogP contribution in [-0.4, -0.2) is 9.97 Å². The van der Waals surface area contributed by atoms with E-state index in [0.29, 0.717) is 5.89 Å². The normalized spacial score (nSPS) is 11.0. The number of hydrogen-bond donors (Lipinski definition) is 0. The van der Waals surface area contributed by atoms with E-state index in [4.69, 9.17) is 4.42 Å². The topological polar surface area (TPSA) is 38.9 Å². The zero-order chi connectivity index (χ0) is 9.42. The number of pyridine rings is 1. The van der Waals surface area contributed by atoms with Gasteiger partial charge >= 0.3 is 0 Å². The fourth-order valence-electron chi connectivity index (χ4n) is 1.43. The lowest BCUT2D eigenvalue weighted by atomic mass is 10.2. The van der Waals surface area contributed by atoms with E-state index in [1.165, 1.54) is 0 Å². The number of oxazole rings is 1. The molecule has 3 nitrogen and oxygen atoms in total. The van der Waals surface area contributed by atoms with Gasteiger partial charge < -0.3 is 4.42 Å². The Bertz CT molecular complexity index is 445. The first-order valence-corrected chi connectivity index (χ1v) is 4.44. The Labute approximate surface area is 76.8 Å². The smallest absolute Gasteiger partial charge is 0.192 e. The molecule has 3 heteroatoms. The zero-order valence-electron chi connectivity index (χ0n) is 8.09. The van der Waals surface area contributed by atoms with E-state index in [-0.39, 0.29) is 0 Å². The van der Waals surface area contributed by atoms with Crippen molar-refractivity contribution in [1.29, 1.82) is 0 Å². The summed E-state index contributed by atoms with van der Waals surface area (Å²) >= 11 is 0. The van der Waals surface area contributed by atoms with E-state index in [1.807, 2.05) is 19.9 Å². The van der Waals surface area contributed by atoms with Crippen LogP contribution >= 0.6 is 0 Å². The molecule has 0 aliphatic rings. The molecule has 2 aromatic heterocycles. The van der Waals surface area contributed by atoms with Crippen LogP contribution in [0.3, 0.4) is 0 Å². The van der Waals surface area contributed by atoms with Crippen molar-refractivity contribution in [3.63, 3.8) is 0 Å². The minimum atomic E-state index is 0.702. The van der Waals surface area contributed by atoms with Gasteiger partial charge in [0.1, 0.15) is 5.52 Å². The molecule has 0 atom stereocenters. The molecule has 2 aromatic rings. The van der Waals surface area contributed by atoms with Crippen LogP contribution in [-0.2, 0) is 6.42 Å². The van der Waals surface area contributed by atoms with Crippen molar-refractivity contribution in [2.45, 2.75) is 27.2 Å². The molecule has 13 heavy (non-hydrogen) atoms. The van der Waals surface area contributed by atoms with E-state index < -0.39 is 0 Å². The minimum absolute atomic E-state index is 0.702. The fraction of sp³-hybridized carbons (Fsp3) is 0.400. The predicted octanol–water partition coefficient (Wildman–Crippen LogP) is 2.40. The first kappa shape index (κ1) is 8.23. The van der Waals surface area contributed by atoms with Crippen LogP contribution in [0.1, 0.15) is 24.2 Å². The van der Waals surface area contributed by atoms with Gasteiger partial charge in [-0.3, -0.25) is 4.98 Å². The molecule has 2 heterocycles. The van der Waals surface area contributed by atoms with Gasteiger partial charge in [0.25, 0.3) is 0 Å². The van der Waals surface area contributed by atoms with Crippen LogP contribution in [0, 0.1) is 13.8 Å². The average Bonchev–Trinajstić information content (AvgIpc) is 2.46. The lowest BCUT2D eigenvalue weighted by Gasteiger charge is -1.97. The van der Waals surface area contributed by atoms with E-state index in [2.05, 4.69) is 16.9 Å². The summed E-state index contributed by atoms with van der Waals surface area (Å²) in [5.41, 5.74) is 3.74. The molecule has 0 N–H and O–H groups in total. The number of hydrogen-bond acceptors (Lipinski definition) is 3. The third-order valence-electron chi connectivity index (χ3n) is 2.07. The second-order valence-corrected chi connectivity index (χ2v) is 3.13. The molecule has 0 unspecified atom stereocenters. The van der Waals surface area contributed by atoms with Gasteiger partial charge in [-0.05, 0) is 13.3 Å². The summed E-state index contributed by atoms with van der Waals surface area (Å²) in [6.07, 6.45) is 0.927. The van der Waals surface area contributed by atoms with Crippen LogP contribution in [0.15, 0.2) is 10.5 Å². The van der Waals surface area contributed by atoms with Crippen molar-refractivity contribution in [3.8, 4) is 0 Å². The Morgan fingerprint density at radius 2 is 2.08 bits per heavy atom. The monoisotopic (exact) mass is 176 g/mol. The molecule has 0 radical (unpaired) electrons. The van der Waals surface area contributed by atoms with Crippen LogP contribution in [0.2, 0.25) is 0 Å².